The summed E-state index contributed by atoms with van der Waals surface area (Å²) < 4.78 is 1.79. The van der Waals surface area contributed by atoms with Crippen LogP contribution in [0.5, 0.6) is 0 Å². The van der Waals surface area contributed by atoms with E-state index in [0.29, 0.717) is 18.1 Å². The van der Waals surface area contributed by atoms with Gasteiger partial charge in [0.25, 0.3) is 5.91 Å². The maximum Gasteiger partial charge on any atom is 0.274 e. The molecular formula is C24H26ClN7O2. The lowest BCUT2D eigenvalue weighted by atomic mass is 9.99. The van der Waals surface area contributed by atoms with Gasteiger partial charge in [0.05, 0.1) is 29.4 Å². The number of aliphatic hydroxyl groups is 1. The molecule has 34 heavy (non-hydrogen) atoms. The Morgan fingerprint density at radius 2 is 2.12 bits per heavy atom. The smallest absolute Gasteiger partial charge is 0.274 e. The monoisotopic (exact) mass is 479 g/mol. The number of aryl methyl sites for hydroxylation is 1. The Morgan fingerprint density at radius 3 is 2.91 bits per heavy atom. The summed E-state index contributed by atoms with van der Waals surface area (Å²) in [5.74, 6) is 0.786. The molecule has 176 valence electrons. The highest BCUT2D eigenvalue weighted by molar-refractivity contribution is 6.33. The number of aliphatic imine (C=N–C) groups is 1. The van der Waals surface area contributed by atoms with Crippen LogP contribution < -0.4 is 4.90 Å². The number of fused-ring (bicyclic) bond motifs is 1. The molecule has 3 aromatic rings. The number of β-amino-alcohol motifs (C(OH)–C–C–N with tert-alkyl or cyclic N) is 1. The van der Waals surface area contributed by atoms with Crippen LogP contribution in [-0.2, 0) is 0 Å². The minimum atomic E-state index is -0.417. The summed E-state index contributed by atoms with van der Waals surface area (Å²) in [4.78, 5) is 30.7. The van der Waals surface area contributed by atoms with E-state index in [9.17, 15) is 9.90 Å². The van der Waals surface area contributed by atoms with Crippen LogP contribution in [0.2, 0.25) is 5.02 Å². The highest BCUT2D eigenvalue weighted by Gasteiger charge is 2.39. The second kappa shape index (κ2) is 8.32. The van der Waals surface area contributed by atoms with Gasteiger partial charge in [0.15, 0.2) is 5.65 Å². The molecule has 0 aromatic carbocycles. The summed E-state index contributed by atoms with van der Waals surface area (Å²) in [6.07, 6.45) is 5.93. The Labute approximate surface area is 202 Å². The predicted octanol–water partition coefficient (Wildman–Crippen LogP) is 2.71. The van der Waals surface area contributed by atoms with Gasteiger partial charge in [-0.2, -0.15) is 5.10 Å². The van der Waals surface area contributed by atoms with Gasteiger partial charge in [-0.1, -0.05) is 11.6 Å². The first-order valence-corrected chi connectivity index (χ1v) is 12.1. The molecule has 0 radical (unpaired) electrons. The molecule has 9 nitrogen and oxygen atoms in total. The summed E-state index contributed by atoms with van der Waals surface area (Å²) in [6.45, 7) is 4.69. The Hall–Kier alpha value is -3.04. The van der Waals surface area contributed by atoms with Gasteiger partial charge in [-0.25, -0.2) is 14.5 Å². The lowest BCUT2D eigenvalue weighted by Gasteiger charge is -2.34. The number of piperidine rings is 1. The van der Waals surface area contributed by atoms with Crippen LogP contribution in [0.4, 0.5) is 5.82 Å². The van der Waals surface area contributed by atoms with E-state index in [2.05, 4.69) is 14.9 Å². The zero-order valence-corrected chi connectivity index (χ0v) is 19.7. The van der Waals surface area contributed by atoms with Gasteiger partial charge in [-0.3, -0.25) is 9.79 Å². The molecule has 6 rings (SSSR count). The lowest BCUT2D eigenvalue weighted by molar-refractivity contribution is 0.0600. The third-order valence-electron chi connectivity index (χ3n) is 7.05. The molecule has 2 saturated heterocycles. The van der Waals surface area contributed by atoms with Crippen LogP contribution in [0.25, 0.3) is 5.65 Å². The number of carbonyl (C=O) groups excluding carboxylic acids is 1. The van der Waals surface area contributed by atoms with Gasteiger partial charge in [0.1, 0.15) is 11.5 Å². The lowest BCUT2D eigenvalue weighted by Crippen LogP contribution is -2.39. The molecule has 1 amide bonds. The molecule has 1 N–H and O–H groups in total. The SMILES string of the molecule is Cc1cn2nc([C@@H]3CCCCN3C(=O)c3ncccc3Cl)cc2nc1N1C[C@H](O)[C@H](C2=NC2)C1. The molecule has 3 aliphatic rings. The molecule has 3 atom stereocenters. The van der Waals surface area contributed by atoms with E-state index in [1.165, 1.54) is 0 Å². The van der Waals surface area contributed by atoms with Crippen molar-refractivity contribution >= 4 is 34.7 Å². The number of halogens is 1. The van der Waals surface area contributed by atoms with Gasteiger partial charge in [0.2, 0.25) is 0 Å². The van der Waals surface area contributed by atoms with Crippen molar-refractivity contribution in [1.82, 2.24) is 24.5 Å². The zero-order valence-electron chi connectivity index (χ0n) is 18.9. The molecule has 0 bridgehead atoms. The number of nitrogens with zero attached hydrogens (tertiary/aromatic N) is 7. The molecule has 0 unspecified atom stereocenters. The zero-order chi connectivity index (χ0) is 23.4. The van der Waals surface area contributed by atoms with Crippen molar-refractivity contribution in [2.75, 3.05) is 31.1 Å². The average Bonchev–Trinajstić information content (AvgIpc) is 3.49. The van der Waals surface area contributed by atoms with Gasteiger partial charge in [-0.15, -0.1) is 0 Å². The number of amides is 1. The van der Waals surface area contributed by atoms with Crippen molar-refractivity contribution in [2.45, 2.75) is 38.3 Å². The molecule has 0 aliphatic carbocycles. The minimum Gasteiger partial charge on any atom is -0.391 e. The number of carbonyl (C=O) groups is 1. The van der Waals surface area contributed by atoms with E-state index >= 15 is 0 Å². The molecule has 3 aromatic heterocycles. The number of aromatic nitrogens is 4. The Kier molecular flexibility index (Phi) is 5.26. The fourth-order valence-electron chi connectivity index (χ4n) is 5.23. The first-order valence-electron chi connectivity index (χ1n) is 11.7. The van der Waals surface area contributed by atoms with Crippen molar-refractivity contribution < 1.29 is 9.90 Å². The van der Waals surface area contributed by atoms with Gasteiger partial charge >= 0.3 is 0 Å². The third kappa shape index (κ3) is 3.73. The molecule has 10 heteroatoms. The van der Waals surface area contributed by atoms with Gasteiger partial charge in [0, 0.05) is 55.3 Å². The normalized spacial score (nSPS) is 24.6. The molecule has 0 saturated carbocycles. The topological polar surface area (TPSA) is 99.2 Å². The number of hydrogen-bond donors (Lipinski definition) is 1. The van der Waals surface area contributed by atoms with Crippen molar-refractivity contribution in [1.29, 1.82) is 0 Å². The standard InChI is InChI=1S/C24H26ClN7O2/c1-14-11-32-21(28-23(14)30-12-15(18-10-27-18)20(33)13-30)9-17(29-32)19-6-2-3-8-31(19)24(34)22-16(25)5-4-7-26-22/h4-5,7,9,11,15,19-20,33H,2-3,6,8,10,12-13H2,1H3/t15-,19-,20-/m0/s1. The molecule has 0 spiro atoms. The molecule has 6 heterocycles. The van der Waals surface area contributed by atoms with Gasteiger partial charge in [-0.05, 0) is 38.3 Å². The maximum atomic E-state index is 13.3. The highest BCUT2D eigenvalue weighted by atomic mass is 35.5. The van der Waals surface area contributed by atoms with Crippen molar-refractivity contribution in [3.63, 3.8) is 0 Å². The second-order valence-electron chi connectivity index (χ2n) is 9.35. The summed E-state index contributed by atoms with van der Waals surface area (Å²) in [5.41, 5.74) is 3.92. The van der Waals surface area contributed by atoms with Crippen LogP contribution in [0.15, 0.2) is 35.6 Å². The average molecular weight is 480 g/mol. The fourth-order valence-corrected chi connectivity index (χ4v) is 5.43. The number of likely N-dealkylation sites (tertiary alicyclic amines) is 1. The minimum absolute atomic E-state index is 0.0955. The van der Waals surface area contributed by atoms with E-state index < -0.39 is 6.10 Å². The molecule has 3 aliphatic heterocycles. The van der Waals surface area contributed by atoms with Crippen LogP contribution in [0.3, 0.4) is 0 Å². The van der Waals surface area contributed by atoms with Crippen molar-refractivity contribution in [2.24, 2.45) is 10.9 Å². The van der Waals surface area contributed by atoms with E-state index in [1.807, 2.05) is 24.1 Å². The quantitative estimate of drug-likeness (QED) is 0.617. The summed E-state index contributed by atoms with van der Waals surface area (Å²) >= 11 is 6.27. The first kappa shape index (κ1) is 21.5. The van der Waals surface area contributed by atoms with Crippen LogP contribution in [-0.4, -0.2) is 73.5 Å². The summed E-state index contributed by atoms with van der Waals surface area (Å²) in [7, 11) is 0. The maximum absolute atomic E-state index is 13.3. The van der Waals surface area contributed by atoms with Gasteiger partial charge < -0.3 is 14.9 Å². The molecule has 2 fully saturated rings. The van der Waals surface area contributed by atoms with Crippen LogP contribution in [0, 0.1) is 12.8 Å². The van der Waals surface area contributed by atoms with Crippen molar-refractivity contribution in [3.8, 4) is 0 Å². The third-order valence-corrected chi connectivity index (χ3v) is 7.35. The van der Waals surface area contributed by atoms with E-state index in [1.54, 1.807) is 22.8 Å². The number of rotatable bonds is 4. The summed E-state index contributed by atoms with van der Waals surface area (Å²) in [5, 5.41) is 15.6. The summed E-state index contributed by atoms with van der Waals surface area (Å²) in [6, 6.07) is 5.22. The Balaban J connectivity index is 1.31. The van der Waals surface area contributed by atoms with Crippen molar-refractivity contribution in [3.05, 3.63) is 52.6 Å². The van der Waals surface area contributed by atoms with Crippen LogP contribution >= 0.6 is 11.6 Å². The fraction of sp³-hybridized carbons (Fsp3) is 0.458. The van der Waals surface area contributed by atoms with Crippen LogP contribution in [0.1, 0.15) is 47.1 Å². The Bertz CT molecular complexity index is 1310. The van der Waals surface area contributed by atoms with E-state index in [4.69, 9.17) is 21.7 Å². The second-order valence-corrected chi connectivity index (χ2v) is 9.76. The molecular weight excluding hydrogens is 454 g/mol. The number of anilines is 1. The van der Waals surface area contributed by atoms with E-state index in [0.717, 1.165) is 60.8 Å². The Morgan fingerprint density at radius 1 is 1.26 bits per heavy atom. The number of pyridine rings is 1. The number of hydrogen-bond acceptors (Lipinski definition) is 7. The number of aliphatic hydroxyl groups excluding tert-OH is 1. The largest absolute Gasteiger partial charge is 0.391 e. The highest BCUT2D eigenvalue weighted by Crippen LogP contribution is 2.34. The van der Waals surface area contributed by atoms with E-state index in [-0.39, 0.29) is 23.6 Å². The first-order chi connectivity index (χ1) is 16.5. The predicted molar refractivity (Wildman–Crippen MR) is 129 cm³/mol.